The topological polar surface area (TPSA) is 62.5 Å². The number of hydrogen-bond acceptors (Lipinski definition) is 3. The molecule has 3 rings (SSSR count). The largest absolute Gasteiger partial charge is 0.507 e. The van der Waals surface area contributed by atoms with Crippen LogP contribution in [-0.4, -0.2) is 20.7 Å². The summed E-state index contributed by atoms with van der Waals surface area (Å²) in [6.07, 6.45) is 0. The second-order valence-corrected chi connectivity index (χ2v) is 6.58. The van der Waals surface area contributed by atoms with E-state index in [0.29, 0.717) is 16.0 Å². The van der Waals surface area contributed by atoms with Gasteiger partial charge in [0.1, 0.15) is 5.75 Å². The number of nitrogens with zero attached hydrogens (tertiary/aromatic N) is 1. The van der Waals surface area contributed by atoms with Crippen LogP contribution in [0.1, 0.15) is 21.5 Å². The average molecular weight is 327 g/mol. The Morgan fingerprint density at radius 1 is 1.17 bits per heavy atom. The highest BCUT2D eigenvalue weighted by Gasteiger charge is 2.24. The van der Waals surface area contributed by atoms with Crippen LogP contribution < -0.4 is 0 Å². The van der Waals surface area contributed by atoms with Gasteiger partial charge in [-0.3, -0.25) is 0 Å². The van der Waals surface area contributed by atoms with E-state index in [0.717, 1.165) is 16.0 Å². The quantitative estimate of drug-likeness (QED) is 0.751. The molecule has 4 nitrogen and oxygen atoms in total. The molecule has 0 unspecified atom stereocenters. The summed E-state index contributed by atoms with van der Waals surface area (Å²) in [5, 5.41) is 21.2. The summed E-state index contributed by atoms with van der Waals surface area (Å²) >= 11 is 1.42. The maximum atomic E-state index is 11.9. The first kappa shape index (κ1) is 15.5. The van der Waals surface area contributed by atoms with Crippen LogP contribution in [0.15, 0.2) is 46.3 Å². The first-order valence-corrected chi connectivity index (χ1v) is 8.01. The molecule has 0 aliphatic heterocycles. The van der Waals surface area contributed by atoms with E-state index in [2.05, 4.69) is 0 Å². The number of fused-ring (bicyclic) bond motifs is 1. The second kappa shape index (κ2) is 5.66. The summed E-state index contributed by atoms with van der Waals surface area (Å²) in [6, 6.07) is 11.5. The summed E-state index contributed by atoms with van der Waals surface area (Å²) in [6.45, 7) is 3.58. The minimum absolute atomic E-state index is 0.155. The summed E-state index contributed by atoms with van der Waals surface area (Å²) in [7, 11) is 1.86. The summed E-state index contributed by atoms with van der Waals surface area (Å²) in [5.41, 5.74) is 2.40. The molecule has 23 heavy (non-hydrogen) atoms. The van der Waals surface area contributed by atoms with Gasteiger partial charge in [-0.15, -0.1) is 0 Å². The number of rotatable bonds is 3. The van der Waals surface area contributed by atoms with Gasteiger partial charge in [0.15, 0.2) is 0 Å². The van der Waals surface area contributed by atoms with E-state index in [4.69, 9.17) is 0 Å². The number of aryl methyl sites for hydroxylation is 3. The molecule has 0 saturated carbocycles. The fraction of sp³-hybridized carbons (Fsp3) is 0.167. The SMILES string of the molecule is Cc1cc2c(c(C)c1O)c(C(=O)O)c(Sc1ccccc1)n2C. The van der Waals surface area contributed by atoms with E-state index in [1.165, 1.54) is 11.8 Å². The Labute approximate surface area is 138 Å². The molecule has 3 aromatic rings. The van der Waals surface area contributed by atoms with Crippen LogP contribution in [0.3, 0.4) is 0 Å². The van der Waals surface area contributed by atoms with Crippen molar-refractivity contribution in [2.24, 2.45) is 7.05 Å². The van der Waals surface area contributed by atoms with Gasteiger partial charge in [0.25, 0.3) is 0 Å². The lowest BCUT2D eigenvalue weighted by Gasteiger charge is -2.06. The number of carbonyl (C=O) groups is 1. The molecule has 0 radical (unpaired) electrons. The molecule has 2 N–H and O–H groups in total. The minimum Gasteiger partial charge on any atom is -0.507 e. The van der Waals surface area contributed by atoms with Crippen molar-refractivity contribution in [3.05, 3.63) is 53.1 Å². The van der Waals surface area contributed by atoms with Crippen LogP contribution in [0.2, 0.25) is 0 Å². The monoisotopic (exact) mass is 327 g/mol. The van der Waals surface area contributed by atoms with Crippen molar-refractivity contribution < 1.29 is 15.0 Å². The molecule has 0 bridgehead atoms. The molecule has 0 amide bonds. The highest BCUT2D eigenvalue weighted by atomic mass is 32.2. The number of benzene rings is 2. The van der Waals surface area contributed by atoms with Crippen LogP contribution in [0.5, 0.6) is 5.75 Å². The van der Waals surface area contributed by atoms with Gasteiger partial charge in [-0.2, -0.15) is 0 Å². The van der Waals surface area contributed by atoms with Crippen molar-refractivity contribution in [2.75, 3.05) is 0 Å². The van der Waals surface area contributed by atoms with Crippen molar-refractivity contribution in [3.63, 3.8) is 0 Å². The number of phenols is 1. The predicted octanol–water partition coefficient (Wildman–Crippen LogP) is 4.35. The number of aromatic hydroxyl groups is 1. The molecular formula is C18H17NO3S. The summed E-state index contributed by atoms with van der Waals surface area (Å²) < 4.78 is 1.88. The predicted molar refractivity (Wildman–Crippen MR) is 91.6 cm³/mol. The third-order valence-electron chi connectivity index (χ3n) is 4.01. The van der Waals surface area contributed by atoms with Crippen LogP contribution in [0.25, 0.3) is 10.9 Å². The second-order valence-electron chi connectivity index (χ2n) is 5.52. The Kier molecular flexibility index (Phi) is 3.82. The standard InChI is InChI=1S/C18H17NO3S/c1-10-9-13-14(11(2)16(10)20)15(18(21)22)17(19(13)3)23-12-7-5-4-6-8-12/h4-9,20H,1-3H3,(H,21,22). The first-order chi connectivity index (χ1) is 10.9. The van der Waals surface area contributed by atoms with Gasteiger partial charge >= 0.3 is 5.97 Å². The molecule has 0 aliphatic carbocycles. The molecule has 0 saturated heterocycles. The van der Waals surface area contributed by atoms with Gasteiger partial charge in [0, 0.05) is 22.9 Å². The van der Waals surface area contributed by atoms with Gasteiger partial charge < -0.3 is 14.8 Å². The van der Waals surface area contributed by atoms with E-state index >= 15 is 0 Å². The third kappa shape index (κ3) is 2.47. The Morgan fingerprint density at radius 3 is 2.43 bits per heavy atom. The Hall–Kier alpha value is -2.40. The van der Waals surface area contributed by atoms with Crippen LogP contribution in [0, 0.1) is 13.8 Å². The smallest absolute Gasteiger partial charge is 0.339 e. The zero-order chi connectivity index (χ0) is 16.7. The van der Waals surface area contributed by atoms with E-state index in [1.807, 2.05) is 54.9 Å². The van der Waals surface area contributed by atoms with Crippen LogP contribution in [0.4, 0.5) is 0 Å². The number of aromatic carboxylic acids is 1. The van der Waals surface area contributed by atoms with Gasteiger partial charge in [-0.1, -0.05) is 30.0 Å². The minimum atomic E-state index is -0.986. The average Bonchev–Trinajstić information content (AvgIpc) is 2.79. The number of carboxylic acids is 1. The normalized spacial score (nSPS) is 11.1. The van der Waals surface area contributed by atoms with Crippen molar-refractivity contribution >= 4 is 28.6 Å². The van der Waals surface area contributed by atoms with Gasteiger partial charge in [-0.05, 0) is 37.6 Å². The first-order valence-electron chi connectivity index (χ1n) is 7.19. The molecule has 0 fully saturated rings. The molecule has 5 heteroatoms. The maximum Gasteiger partial charge on any atom is 0.339 e. The molecule has 0 spiro atoms. The van der Waals surface area contributed by atoms with Crippen LogP contribution >= 0.6 is 11.8 Å². The van der Waals surface area contributed by atoms with Crippen molar-refractivity contribution in [1.29, 1.82) is 0 Å². The van der Waals surface area contributed by atoms with E-state index in [9.17, 15) is 15.0 Å². The molecular weight excluding hydrogens is 310 g/mol. The lowest BCUT2D eigenvalue weighted by Crippen LogP contribution is -1.99. The molecule has 1 heterocycles. The number of carboxylic acid groups (broad SMARTS) is 1. The van der Waals surface area contributed by atoms with Crippen molar-refractivity contribution in [3.8, 4) is 5.75 Å². The number of phenolic OH excluding ortho intramolecular Hbond substituents is 1. The van der Waals surface area contributed by atoms with E-state index < -0.39 is 5.97 Å². The molecule has 118 valence electrons. The molecule has 0 aliphatic rings. The molecule has 1 aromatic heterocycles. The van der Waals surface area contributed by atoms with Gasteiger partial charge in [-0.25, -0.2) is 4.79 Å². The molecule has 0 atom stereocenters. The zero-order valence-corrected chi connectivity index (χ0v) is 13.9. The van der Waals surface area contributed by atoms with Gasteiger partial charge in [0.05, 0.1) is 16.1 Å². The summed E-state index contributed by atoms with van der Waals surface area (Å²) in [4.78, 5) is 12.9. The van der Waals surface area contributed by atoms with E-state index in [-0.39, 0.29) is 11.3 Å². The highest BCUT2D eigenvalue weighted by molar-refractivity contribution is 7.99. The fourth-order valence-corrected chi connectivity index (χ4v) is 3.88. The van der Waals surface area contributed by atoms with Crippen LogP contribution in [-0.2, 0) is 7.05 Å². The van der Waals surface area contributed by atoms with Crippen molar-refractivity contribution in [1.82, 2.24) is 4.57 Å². The maximum absolute atomic E-state index is 11.9. The number of aromatic nitrogens is 1. The van der Waals surface area contributed by atoms with Crippen molar-refractivity contribution in [2.45, 2.75) is 23.8 Å². The lowest BCUT2D eigenvalue weighted by molar-refractivity contribution is 0.0694. The fourth-order valence-electron chi connectivity index (χ4n) is 2.83. The Morgan fingerprint density at radius 2 is 1.83 bits per heavy atom. The number of hydrogen-bond donors (Lipinski definition) is 2. The highest BCUT2D eigenvalue weighted by Crippen LogP contribution is 2.40. The molecule has 2 aromatic carbocycles. The third-order valence-corrected chi connectivity index (χ3v) is 5.19. The zero-order valence-electron chi connectivity index (χ0n) is 13.1. The van der Waals surface area contributed by atoms with E-state index in [1.54, 1.807) is 6.92 Å². The lowest BCUT2D eigenvalue weighted by atomic mass is 10.0. The summed E-state index contributed by atoms with van der Waals surface area (Å²) in [5.74, 6) is -0.831. The Balaban J connectivity index is 2.33. The van der Waals surface area contributed by atoms with Gasteiger partial charge in [0.2, 0.25) is 0 Å². The Bertz CT molecular complexity index is 913.